The second-order valence-corrected chi connectivity index (χ2v) is 4.80. The summed E-state index contributed by atoms with van der Waals surface area (Å²) < 4.78 is 15.5. The molecule has 0 bridgehead atoms. The van der Waals surface area contributed by atoms with E-state index in [-0.39, 0.29) is 23.7 Å². The van der Waals surface area contributed by atoms with Gasteiger partial charge in [0.1, 0.15) is 12.4 Å². The van der Waals surface area contributed by atoms with Gasteiger partial charge in [-0.2, -0.15) is 4.80 Å². The second-order valence-electron chi connectivity index (χ2n) is 4.80. The maximum Gasteiger partial charge on any atom is 0.260 e. The van der Waals surface area contributed by atoms with Crippen molar-refractivity contribution in [2.75, 3.05) is 11.1 Å². The highest BCUT2D eigenvalue weighted by Crippen LogP contribution is 2.17. The summed E-state index contributed by atoms with van der Waals surface area (Å²) in [6.07, 6.45) is 1.52. The minimum Gasteiger partial charge on any atom is -0.365 e. The Morgan fingerprint density at radius 3 is 2.79 bits per heavy atom. The van der Waals surface area contributed by atoms with Gasteiger partial charge in [-0.1, -0.05) is 11.2 Å². The fraction of sp³-hybridized carbons (Fsp3) is 0.0714. The number of rotatable bonds is 4. The van der Waals surface area contributed by atoms with Crippen LogP contribution in [0.2, 0.25) is 0 Å². The molecule has 1 aromatic carbocycles. The molecule has 0 aliphatic rings. The van der Waals surface area contributed by atoms with E-state index < -0.39 is 11.7 Å². The highest BCUT2D eigenvalue weighted by Gasteiger charge is 2.11. The predicted octanol–water partition coefficient (Wildman–Crippen LogP) is 0.184. The van der Waals surface area contributed by atoms with Gasteiger partial charge in [-0.05, 0) is 23.4 Å². The van der Waals surface area contributed by atoms with Crippen LogP contribution in [0.4, 0.5) is 16.0 Å². The van der Waals surface area contributed by atoms with Gasteiger partial charge in [-0.15, -0.1) is 5.10 Å². The van der Waals surface area contributed by atoms with Crippen molar-refractivity contribution in [2.45, 2.75) is 6.54 Å². The number of pyridine rings is 1. The molecule has 0 fully saturated rings. The molecule has 0 saturated heterocycles. The molecule has 9 nitrogen and oxygen atoms in total. The van der Waals surface area contributed by atoms with Crippen LogP contribution in [0, 0.1) is 5.82 Å². The lowest BCUT2D eigenvalue weighted by atomic mass is 10.2. The van der Waals surface area contributed by atoms with Crippen LogP contribution in [0.25, 0.3) is 5.69 Å². The maximum absolute atomic E-state index is 14.2. The number of nitrogens with one attached hydrogen (secondary N) is 1. The lowest BCUT2D eigenvalue weighted by molar-refractivity contribution is -0.117. The van der Waals surface area contributed by atoms with E-state index in [9.17, 15) is 14.0 Å². The van der Waals surface area contributed by atoms with E-state index in [0.717, 1.165) is 10.9 Å². The van der Waals surface area contributed by atoms with Crippen molar-refractivity contribution in [3.63, 3.8) is 0 Å². The molecule has 0 saturated carbocycles. The number of halogens is 1. The molecule has 0 spiro atoms. The smallest absolute Gasteiger partial charge is 0.260 e. The zero-order chi connectivity index (χ0) is 17.1. The van der Waals surface area contributed by atoms with Crippen LogP contribution < -0.4 is 16.6 Å². The molecule has 2 heterocycles. The van der Waals surface area contributed by atoms with Crippen molar-refractivity contribution in [1.29, 1.82) is 0 Å². The first-order valence-electron chi connectivity index (χ1n) is 6.84. The predicted molar refractivity (Wildman–Crippen MR) is 82.9 cm³/mol. The molecule has 1 amide bonds. The van der Waals surface area contributed by atoms with Crippen molar-refractivity contribution in [2.24, 2.45) is 0 Å². The molecule has 0 radical (unpaired) electrons. The Hall–Kier alpha value is -3.56. The van der Waals surface area contributed by atoms with Gasteiger partial charge in [-0.25, -0.2) is 4.39 Å². The highest BCUT2D eigenvalue weighted by atomic mass is 19.1. The number of tetrazole rings is 1. The van der Waals surface area contributed by atoms with E-state index in [1.165, 1.54) is 29.0 Å². The maximum atomic E-state index is 14.2. The third-order valence-electron chi connectivity index (χ3n) is 3.08. The quantitative estimate of drug-likeness (QED) is 0.704. The van der Waals surface area contributed by atoms with Crippen LogP contribution >= 0.6 is 0 Å². The summed E-state index contributed by atoms with van der Waals surface area (Å²) in [6.45, 7) is -0.260. The molecule has 0 aliphatic carbocycles. The van der Waals surface area contributed by atoms with Crippen LogP contribution in [0.15, 0.2) is 47.4 Å². The largest absolute Gasteiger partial charge is 0.365 e. The Labute approximate surface area is 134 Å². The average Bonchev–Trinajstić information content (AvgIpc) is 2.95. The molecule has 3 rings (SSSR count). The SMILES string of the molecule is Nc1nnn(CC(=O)Nc2ccc(-n3ccccc3=O)cc2F)n1. The Morgan fingerprint density at radius 1 is 1.29 bits per heavy atom. The minimum absolute atomic E-state index is 0.0270. The minimum atomic E-state index is -0.678. The van der Waals surface area contributed by atoms with Crippen molar-refractivity contribution in [3.05, 3.63) is 58.8 Å². The molecule has 0 atom stereocenters. The Balaban J connectivity index is 1.77. The van der Waals surface area contributed by atoms with Crippen LogP contribution in [0.5, 0.6) is 0 Å². The number of amides is 1. The molecule has 10 heteroatoms. The van der Waals surface area contributed by atoms with Gasteiger partial charge < -0.3 is 11.1 Å². The molecular weight excluding hydrogens is 317 g/mol. The summed E-state index contributed by atoms with van der Waals surface area (Å²) in [6, 6.07) is 8.66. The topological polar surface area (TPSA) is 121 Å². The summed E-state index contributed by atoms with van der Waals surface area (Å²) in [5.74, 6) is -1.29. The monoisotopic (exact) mass is 329 g/mol. The second kappa shape index (κ2) is 6.28. The first-order chi connectivity index (χ1) is 11.5. The Bertz CT molecular complexity index is 950. The lowest BCUT2D eigenvalue weighted by Crippen LogP contribution is -2.21. The fourth-order valence-corrected chi connectivity index (χ4v) is 2.04. The van der Waals surface area contributed by atoms with Gasteiger partial charge >= 0.3 is 0 Å². The molecular formula is C14H12FN7O2. The van der Waals surface area contributed by atoms with Crippen molar-refractivity contribution in [1.82, 2.24) is 24.8 Å². The standard InChI is InChI=1S/C14H12FN7O2/c15-10-7-9(21-6-2-1-3-13(21)24)4-5-11(10)17-12(23)8-22-19-14(16)18-20-22/h1-7H,8H2,(H2,16,19)(H,17,23). The first-order valence-corrected chi connectivity index (χ1v) is 6.84. The highest BCUT2D eigenvalue weighted by molar-refractivity contribution is 5.90. The van der Waals surface area contributed by atoms with E-state index in [2.05, 4.69) is 20.7 Å². The summed E-state index contributed by atoms with van der Waals surface area (Å²) in [4.78, 5) is 24.6. The Morgan fingerprint density at radius 2 is 2.12 bits per heavy atom. The molecule has 122 valence electrons. The van der Waals surface area contributed by atoms with Gasteiger partial charge in [0.05, 0.1) is 11.4 Å². The number of anilines is 2. The number of hydrogen-bond donors (Lipinski definition) is 2. The van der Waals surface area contributed by atoms with Crippen LogP contribution in [-0.2, 0) is 11.3 Å². The molecule has 2 aromatic heterocycles. The van der Waals surface area contributed by atoms with E-state index in [0.29, 0.717) is 5.69 Å². The summed E-state index contributed by atoms with van der Waals surface area (Å²) in [7, 11) is 0. The zero-order valence-corrected chi connectivity index (χ0v) is 12.3. The number of aromatic nitrogens is 5. The number of nitrogen functional groups attached to an aromatic ring is 1. The van der Waals surface area contributed by atoms with E-state index >= 15 is 0 Å². The van der Waals surface area contributed by atoms with Gasteiger partial charge in [-0.3, -0.25) is 14.2 Å². The zero-order valence-electron chi connectivity index (χ0n) is 12.3. The van der Waals surface area contributed by atoms with Crippen molar-refractivity contribution < 1.29 is 9.18 Å². The fourth-order valence-electron chi connectivity index (χ4n) is 2.04. The van der Waals surface area contributed by atoms with E-state index in [1.807, 2.05) is 0 Å². The third kappa shape index (κ3) is 3.27. The van der Waals surface area contributed by atoms with Gasteiger partial charge in [0.15, 0.2) is 0 Å². The molecule has 24 heavy (non-hydrogen) atoms. The summed E-state index contributed by atoms with van der Waals surface area (Å²) >= 11 is 0. The lowest BCUT2D eigenvalue weighted by Gasteiger charge is -2.09. The van der Waals surface area contributed by atoms with Crippen LogP contribution in [0.3, 0.4) is 0 Å². The van der Waals surface area contributed by atoms with Crippen molar-refractivity contribution in [3.8, 4) is 5.69 Å². The number of benzene rings is 1. The molecule has 0 aliphatic heterocycles. The molecule has 0 unspecified atom stereocenters. The van der Waals surface area contributed by atoms with Crippen LogP contribution in [0.1, 0.15) is 0 Å². The van der Waals surface area contributed by atoms with Gasteiger partial charge in [0.2, 0.25) is 5.91 Å². The normalized spacial score (nSPS) is 10.5. The molecule has 3 N–H and O–H groups in total. The molecule has 3 aromatic rings. The average molecular weight is 329 g/mol. The van der Waals surface area contributed by atoms with E-state index in [4.69, 9.17) is 5.73 Å². The Kier molecular flexibility index (Phi) is 4.01. The summed E-state index contributed by atoms with van der Waals surface area (Å²) in [5.41, 5.74) is 5.32. The summed E-state index contributed by atoms with van der Waals surface area (Å²) in [5, 5.41) is 13.0. The number of carbonyl (C=O) groups excluding carboxylic acids is 1. The number of nitrogens with two attached hydrogens (primary N) is 1. The van der Waals surface area contributed by atoms with Crippen LogP contribution in [-0.4, -0.2) is 30.7 Å². The third-order valence-corrected chi connectivity index (χ3v) is 3.08. The van der Waals surface area contributed by atoms with E-state index in [1.54, 1.807) is 12.1 Å². The number of nitrogens with zero attached hydrogens (tertiary/aromatic N) is 5. The number of hydrogen-bond acceptors (Lipinski definition) is 6. The van der Waals surface area contributed by atoms with Gasteiger partial charge in [0.25, 0.3) is 11.5 Å². The van der Waals surface area contributed by atoms with Crippen molar-refractivity contribution >= 4 is 17.5 Å². The number of carbonyl (C=O) groups is 1. The van der Waals surface area contributed by atoms with Gasteiger partial charge in [0, 0.05) is 18.3 Å². The first kappa shape index (κ1) is 15.3.